The molecule has 0 radical (unpaired) electrons. The summed E-state index contributed by atoms with van der Waals surface area (Å²) in [6, 6.07) is 16.1. The Morgan fingerprint density at radius 1 is 1.11 bits per heavy atom. The second-order valence-electron chi connectivity index (χ2n) is 5.12. The molecule has 2 aromatic rings. The van der Waals surface area contributed by atoms with Crippen molar-refractivity contribution in [3.05, 3.63) is 65.2 Å². The summed E-state index contributed by atoms with van der Waals surface area (Å²) in [5.41, 5.74) is 3.55. The van der Waals surface area contributed by atoms with E-state index in [1.165, 1.54) is 11.1 Å². The van der Waals surface area contributed by atoms with Crippen molar-refractivity contribution in [2.45, 2.75) is 19.8 Å². The van der Waals surface area contributed by atoms with Gasteiger partial charge in [-0.25, -0.2) is 0 Å². The minimum absolute atomic E-state index is 0.0717. The van der Waals surface area contributed by atoms with E-state index in [2.05, 4.69) is 31.2 Å². The van der Waals surface area contributed by atoms with Gasteiger partial charge in [0.1, 0.15) is 5.75 Å². The van der Waals surface area contributed by atoms with Gasteiger partial charge < -0.3 is 4.74 Å². The molecule has 0 aromatic heterocycles. The maximum Gasteiger partial charge on any atom is 0.315 e. The first kappa shape index (κ1) is 12.0. The van der Waals surface area contributed by atoms with Crippen molar-refractivity contribution in [1.29, 1.82) is 0 Å². The van der Waals surface area contributed by atoms with Crippen molar-refractivity contribution in [2.24, 2.45) is 5.92 Å². The molecule has 0 spiro atoms. The lowest BCUT2D eigenvalue weighted by molar-refractivity contribution is -0.140. The van der Waals surface area contributed by atoms with Crippen LogP contribution in [0, 0.1) is 12.8 Å². The first-order valence-corrected chi connectivity index (χ1v) is 6.57. The largest absolute Gasteiger partial charge is 0.426 e. The lowest BCUT2D eigenvalue weighted by atomic mass is 9.90. The van der Waals surface area contributed by atoms with Crippen LogP contribution in [-0.4, -0.2) is 5.97 Å². The Labute approximate surface area is 113 Å². The molecule has 0 saturated carbocycles. The fourth-order valence-corrected chi connectivity index (χ4v) is 2.48. The van der Waals surface area contributed by atoms with E-state index in [1.54, 1.807) is 0 Å². The number of ether oxygens (including phenoxy) is 1. The molecule has 0 saturated heterocycles. The number of rotatable bonds is 2. The predicted octanol–water partition coefficient (Wildman–Crippen LogP) is 3.32. The van der Waals surface area contributed by atoms with Crippen molar-refractivity contribution in [2.75, 3.05) is 0 Å². The van der Waals surface area contributed by atoms with Gasteiger partial charge in [0.2, 0.25) is 0 Å². The molecule has 0 fully saturated rings. The molecular weight excluding hydrogens is 236 g/mol. The predicted molar refractivity (Wildman–Crippen MR) is 74.2 cm³/mol. The van der Waals surface area contributed by atoms with E-state index in [0.29, 0.717) is 5.75 Å². The highest BCUT2D eigenvalue weighted by Gasteiger charge is 2.28. The maximum atomic E-state index is 12.0. The molecule has 2 nitrogen and oxygen atoms in total. The SMILES string of the molecule is Cc1ccc(C[C@H]2Cc3ccccc3OC2=O)cc1. The smallest absolute Gasteiger partial charge is 0.315 e. The van der Waals surface area contributed by atoms with E-state index in [1.807, 2.05) is 24.3 Å². The molecular formula is C17H16O2. The third-order valence-electron chi connectivity index (χ3n) is 3.59. The van der Waals surface area contributed by atoms with Gasteiger partial charge in [-0.2, -0.15) is 0 Å². The van der Waals surface area contributed by atoms with Gasteiger partial charge in [0.25, 0.3) is 0 Å². The van der Waals surface area contributed by atoms with Crippen molar-refractivity contribution >= 4 is 5.97 Å². The summed E-state index contributed by atoms with van der Waals surface area (Å²) in [7, 11) is 0. The van der Waals surface area contributed by atoms with Crippen LogP contribution in [-0.2, 0) is 17.6 Å². The highest BCUT2D eigenvalue weighted by molar-refractivity contribution is 5.78. The highest BCUT2D eigenvalue weighted by Crippen LogP contribution is 2.29. The van der Waals surface area contributed by atoms with Crippen LogP contribution >= 0.6 is 0 Å². The van der Waals surface area contributed by atoms with E-state index in [0.717, 1.165) is 18.4 Å². The molecule has 1 heterocycles. The molecule has 2 heteroatoms. The van der Waals surface area contributed by atoms with Crippen molar-refractivity contribution < 1.29 is 9.53 Å². The van der Waals surface area contributed by atoms with Crippen molar-refractivity contribution in [1.82, 2.24) is 0 Å². The second-order valence-corrected chi connectivity index (χ2v) is 5.12. The van der Waals surface area contributed by atoms with Gasteiger partial charge in [-0.1, -0.05) is 48.0 Å². The molecule has 0 aliphatic carbocycles. The number of aryl methyl sites for hydroxylation is 1. The van der Waals surface area contributed by atoms with E-state index in [4.69, 9.17) is 4.74 Å². The van der Waals surface area contributed by atoms with Crippen LogP contribution in [0.1, 0.15) is 16.7 Å². The summed E-state index contributed by atoms with van der Waals surface area (Å²) in [5, 5.41) is 0. The normalized spacial score (nSPS) is 17.7. The standard InChI is InChI=1S/C17H16O2/c1-12-6-8-13(9-7-12)10-15-11-14-4-2-3-5-16(14)19-17(15)18/h2-9,15H,10-11H2,1H3/t15-/m0/s1. The van der Waals surface area contributed by atoms with Gasteiger partial charge in [0.05, 0.1) is 5.92 Å². The second kappa shape index (κ2) is 4.88. The van der Waals surface area contributed by atoms with Crippen LogP contribution in [0.25, 0.3) is 0 Å². The summed E-state index contributed by atoms with van der Waals surface area (Å²) in [6.45, 7) is 2.06. The van der Waals surface area contributed by atoms with E-state index in [-0.39, 0.29) is 11.9 Å². The van der Waals surface area contributed by atoms with Crippen LogP contribution in [0.4, 0.5) is 0 Å². The maximum absolute atomic E-state index is 12.0. The third kappa shape index (κ3) is 2.53. The van der Waals surface area contributed by atoms with E-state index < -0.39 is 0 Å². The zero-order valence-corrected chi connectivity index (χ0v) is 10.9. The molecule has 0 unspecified atom stereocenters. The van der Waals surface area contributed by atoms with Gasteiger partial charge in [0.15, 0.2) is 0 Å². The number of carbonyl (C=O) groups excluding carboxylic acids is 1. The Morgan fingerprint density at radius 2 is 1.84 bits per heavy atom. The average Bonchev–Trinajstić information content (AvgIpc) is 2.42. The fourth-order valence-electron chi connectivity index (χ4n) is 2.48. The molecule has 19 heavy (non-hydrogen) atoms. The Balaban J connectivity index is 1.79. The number of para-hydroxylation sites is 1. The summed E-state index contributed by atoms with van der Waals surface area (Å²) in [4.78, 5) is 12.0. The monoisotopic (exact) mass is 252 g/mol. The first-order chi connectivity index (χ1) is 9.22. The summed E-state index contributed by atoms with van der Waals surface area (Å²) in [5.74, 6) is 0.532. The number of benzene rings is 2. The van der Waals surface area contributed by atoms with Crippen LogP contribution in [0.5, 0.6) is 5.75 Å². The number of esters is 1. The molecule has 2 aromatic carbocycles. The van der Waals surface area contributed by atoms with Gasteiger partial charge in [0, 0.05) is 0 Å². The number of fused-ring (bicyclic) bond motifs is 1. The Kier molecular flexibility index (Phi) is 3.08. The zero-order valence-electron chi connectivity index (χ0n) is 10.9. The van der Waals surface area contributed by atoms with Crippen molar-refractivity contribution in [3.8, 4) is 5.75 Å². The molecule has 1 aliphatic rings. The first-order valence-electron chi connectivity index (χ1n) is 6.57. The van der Waals surface area contributed by atoms with Crippen LogP contribution in [0.2, 0.25) is 0 Å². The number of carbonyl (C=O) groups is 1. The number of hydrogen-bond donors (Lipinski definition) is 0. The molecule has 0 amide bonds. The van der Waals surface area contributed by atoms with E-state index in [9.17, 15) is 4.79 Å². The van der Waals surface area contributed by atoms with E-state index >= 15 is 0 Å². The highest BCUT2D eigenvalue weighted by atomic mass is 16.5. The van der Waals surface area contributed by atoms with Gasteiger partial charge in [-0.05, 0) is 37.0 Å². The topological polar surface area (TPSA) is 26.3 Å². The summed E-state index contributed by atoms with van der Waals surface area (Å²) < 4.78 is 5.40. The fraction of sp³-hybridized carbons (Fsp3) is 0.235. The minimum Gasteiger partial charge on any atom is -0.426 e. The Morgan fingerprint density at radius 3 is 2.63 bits per heavy atom. The zero-order chi connectivity index (χ0) is 13.2. The average molecular weight is 252 g/mol. The van der Waals surface area contributed by atoms with Crippen LogP contribution < -0.4 is 4.74 Å². The Hall–Kier alpha value is -2.09. The van der Waals surface area contributed by atoms with Crippen LogP contribution in [0.15, 0.2) is 48.5 Å². The Bertz CT molecular complexity index is 599. The van der Waals surface area contributed by atoms with Crippen molar-refractivity contribution in [3.63, 3.8) is 0 Å². The molecule has 1 atom stereocenters. The quantitative estimate of drug-likeness (QED) is 0.605. The molecule has 3 rings (SSSR count). The van der Waals surface area contributed by atoms with Gasteiger partial charge in [-0.15, -0.1) is 0 Å². The summed E-state index contributed by atoms with van der Waals surface area (Å²) in [6.07, 6.45) is 1.51. The third-order valence-corrected chi connectivity index (χ3v) is 3.59. The number of hydrogen-bond acceptors (Lipinski definition) is 2. The molecule has 0 bridgehead atoms. The van der Waals surface area contributed by atoms with Gasteiger partial charge >= 0.3 is 5.97 Å². The molecule has 1 aliphatic heterocycles. The molecule has 96 valence electrons. The lowest BCUT2D eigenvalue weighted by Gasteiger charge is -2.23. The van der Waals surface area contributed by atoms with Gasteiger partial charge in [-0.3, -0.25) is 4.79 Å². The van der Waals surface area contributed by atoms with Crippen LogP contribution in [0.3, 0.4) is 0 Å². The lowest BCUT2D eigenvalue weighted by Crippen LogP contribution is -2.29. The summed E-state index contributed by atoms with van der Waals surface area (Å²) >= 11 is 0. The molecule has 0 N–H and O–H groups in total. The minimum atomic E-state index is -0.112.